The van der Waals surface area contributed by atoms with Gasteiger partial charge in [0.2, 0.25) is 0 Å². The highest BCUT2D eigenvalue weighted by molar-refractivity contribution is 7.15. The predicted molar refractivity (Wildman–Crippen MR) is 115 cm³/mol. The standard InChI is InChI=1S/C23H21N5S/c1-16-21(29-23(26-16)17-6-3-2-4-7-17)15-28-11-9-20-19(14-28)13-25-22(27-20)18-8-5-10-24-12-18/h2-8,10,12-13H,9,11,14-15H2,1H3. The Bertz CT molecular complexity index is 1120. The Morgan fingerprint density at radius 3 is 2.69 bits per heavy atom. The fraction of sp³-hybridized carbons (Fsp3) is 0.217. The molecule has 6 heteroatoms. The molecular weight excluding hydrogens is 378 g/mol. The molecule has 0 aliphatic carbocycles. The molecule has 5 nitrogen and oxygen atoms in total. The number of hydrogen-bond acceptors (Lipinski definition) is 6. The van der Waals surface area contributed by atoms with Crippen molar-refractivity contribution in [1.82, 2.24) is 24.8 Å². The summed E-state index contributed by atoms with van der Waals surface area (Å²) in [6.07, 6.45) is 6.50. The van der Waals surface area contributed by atoms with Crippen LogP contribution in [-0.2, 0) is 19.5 Å². The van der Waals surface area contributed by atoms with Gasteiger partial charge in [-0.2, -0.15) is 0 Å². The second kappa shape index (κ2) is 7.81. The Morgan fingerprint density at radius 1 is 1.00 bits per heavy atom. The highest BCUT2D eigenvalue weighted by atomic mass is 32.1. The quantitative estimate of drug-likeness (QED) is 0.505. The van der Waals surface area contributed by atoms with Crippen molar-refractivity contribution in [3.63, 3.8) is 0 Å². The molecule has 0 saturated carbocycles. The van der Waals surface area contributed by atoms with E-state index >= 15 is 0 Å². The lowest BCUT2D eigenvalue weighted by atomic mass is 10.1. The molecule has 29 heavy (non-hydrogen) atoms. The molecular formula is C23H21N5S. The number of thiazole rings is 1. The molecule has 1 aromatic carbocycles. The minimum Gasteiger partial charge on any atom is -0.293 e. The van der Waals surface area contributed by atoms with E-state index in [0.29, 0.717) is 0 Å². The number of nitrogens with zero attached hydrogens (tertiary/aromatic N) is 5. The summed E-state index contributed by atoms with van der Waals surface area (Å²) < 4.78 is 0. The predicted octanol–water partition coefficient (Wildman–Crippen LogP) is 4.53. The zero-order chi connectivity index (χ0) is 19.6. The molecule has 4 aromatic rings. The van der Waals surface area contributed by atoms with Gasteiger partial charge in [-0.1, -0.05) is 30.3 Å². The maximum atomic E-state index is 4.80. The first-order chi connectivity index (χ1) is 14.3. The number of hydrogen-bond donors (Lipinski definition) is 0. The Kier molecular flexibility index (Phi) is 4.87. The summed E-state index contributed by atoms with van der Waals surface area (Å²) in [5, 5.41) is 1.10. The molecule has 144 valence electrons. The average molecular weight is 400 g/mol. The maximum absolute atomic E-state index is 4.80. The lowest BCUT2D eigenvalue weighted by Crippen LogP contribution is -2.30. The van der Waals surface area contributed by atoms with Gasteiger partial charge >= 0.3 is 0 Å². The molecule has 0 amide bonds. The Morgan fingerprint density at radius 2 is 1.86 bits per heavy atom. The van der Waals surface area contributed by atoms with Gasteiger partial charge < -0.3 is 0 Å². The van der Waals surface area contributed by atoms with Gasteiger partial charge in [0.1, 0.15) is 5.01 Å². The van der Waals surface area contributed by atoms with Crippen molar-refractivity contribution in [3.05, 3.63) is 82.9 Å². The molecule has 0 saturated heterocycles. The average Bonchev–Trinajstić information content (AvgIpc) is 3.15. The molecule has 5 rings (SSSR count). The number of aromatic nitrogens is 4. The van der Waals surface area contributed by atoms with Crippen LogP contribution in [0.2, 0.25) is 0 Å². The summed E-state index contributed by atoms with van der Waals surface area (Å²) in [5.41, 5.74) is 5.65. The van der Waals surface area contributed by atoms with Crippen LogP contribution in [-0.4, -0.2) is 31.4 Å². The topological polar surface area (TPSA) is 54.8 Å². The van der Waals surface area contributed by atoms with Crippen LogP contribution < -0.4 is 0 Å². The molecule has 0 atom stereocenters. The zero-order valence-corrected chi connectivity index (χ0v) is 17.1. The van der Waals surface area contributed by atoms with Crippen molar-refractivity contribution < 1.29 is 0 Å². The second-order valence-electron chi connectivity index (χ2n) is 7.26. The number of aryl methyl sites for hydroxylation is 1. The normalized spacial score (nSPS) is 14.0. The molecule has 3 aromatic heterocycles. The van der Waals surface area contributed by atoms with E-state index in [0.717, 1.165) is 53.8 Å². The largest absolute Gasteiger partial charge is 0.293 e. The molecule has 4 heterocycles. The maximum Gasteiger partial charge on any atom is 0.160 e. The summed E-state index contributed by atoms with van der Waals surface area (Å²) in [4.78, 5) is 22.1. The zero-order valence-electron chi connectivity index (χ0n) is 16.2. The van der Waals surface area contributed by atoms with Crippen LogP contribution in [0.3, 0.4) is 0 Å². The molecule has 0 unspecified atom stereocenters. The van der Waals surface area contributed by atoms with Gasteiger partial charge in [-0.05, 0) is 19.1 Å². The molecule has 0 N–H and O–H groups in total. The van der Waals surface area contributed by atoms with Gasteiger partial charge in [-0.25, -0.2) is 15.0 Å². The summed E-state index contributed by atoms with van der Waals surface area (Å²) in [7, 11) is 0. The van der Waals surface area contributed by atoms with E-state index in [1.165, 1.54) is 16.0 Å². The van der Waals surface area contributed by atoms with Crippen molar-refractivity contribution in [3.8, 4) is 22.0 Å². The van der Waals surface area contributed by atoms with E-state index in [1.54, 1.807) is 17.5 Å². The van der Waals surface area contributed by atoms with Gasteiger partial charge in [0.25, 0.3) is 0 Å². The number of benzene rings is 1. The van der Waals surface area contributed by atoms with Crippen LogP contribution in [0.5, 0.6) is 0 Å². The minimum absolute atomic E-state index is 0.760. The molecule has 1 aliphatic rings. The van der Waals surface area contributed by atoms with E-state index in [2.05, 4.69) is 46.1 Å². The van der Waals surface area contributed by atoms with Crippen LogP contribution in [0.4, 0.5) is 0 Å². The van der Waals surface area contributed by atoms with Gasteiger partial charge in [0.05, 0.1) is 11.4 Å². The second-order valence-corrected chi connectivity index (χ2v) is 8.35. The number of rotatable bonds is 4. The summed E-state index contributed by atoms with van der Waals surface area (Å²) in [6, 6.07) is 14.3. The molecule has 1 aliphatic heterocycles. The fourth-order valence-electron chi connectivity index (χ4n) is 3.63. The minimum atomic E-state index is 0.760. The van der Waals surface area contributed by atoms with Crippen LogP contribution in [0.25, 0.3) is 22.0 Å². The van der Waals surface area contributed by atoms with E-state index in [1.807, 2.05) is 30.6 Å². The monoisotopic (exact) mass is 399 g/mol. The Hall–Kier alpha value is -2.96. The van der Waals surface area contributed by atoms with Gasteiger partial charge in [-0.15, -0.1) is 11.3 Å². The lowest BCUT2D eigenvalue weighted by Gasteiger charge is -2.27. The van der Waals surface area contributed by atoms with Crippen molar-refractivity contribution in [2.75, 3.05) is 6.54 Å². The molecule has 0 spiro atoms. The molecule has 0 fully saturated rings. The SMILES string of the molecule is Cc1nc(-c2ccccc2)sc1CN1CCc2nc(-c3cccnc3)ncc2C1. The Labute approximate surface area is 174 Å². The third kappa shape index (κ3) is 3.81. The number of fused-ring (bicyclic) bond motifs is 1. The van der Waals surface area contributed by atoms with E-state index in [-0.39, 0.29) is 0 Å². The van der Waals surface area contributed by atoms with E-state index in [4.69, 9.17) is 9.97 Å². The first kappa shape index (κ1) is 18.1. The smallest absolute Gasteiger partial charge is 0.160 e. The Balaban J connectivity index is 1.32. The first-order valence-electron chi connectivity index (χ1n) is 9.75. The lowest BCUT2D eigenvalue weighted by molar-refractivity contribution is 0.244. The summed E-state index contributed by atoms with van der Waals surface area (Å²) in [5.74, 6) is 0.760. The summed E-state index contributed by atoms with van der Waals surface area (Å²) in [6.45, 7) is 4.90. The van der Waals surface area contributed by atoms with Crippen molar-refractivity contribution >= 4 is 11.3 Å². The molecule has 0 radical (unpaired) electrons. The first-order valence-corrected chi connectivity index (χ1v) is 10.6. The van der Waals surface area contributed by atoms with Crippen molar-refractivity contribution in [2.24, 2.45) is 0 Å². The van der Waals surface area contributed by atoms with E-state index < -0.39 is 0 Å². The number of pyridine rings is 1. The van der Waals surface area contributed by atoms with Crippen LogP contribution in [0, 0.1) is 6.92 Å². The van der Waals surface area contributed by atoms with Crippen LogP contribution in [0.15, 0.2) is 61.1 Å². The van der Waals surface area contributed by atoms with Gasteiger partial charge in [0, 0.05) is 66.2 Å². The fourth-order valence-corrected chi connectivity index (χ4v) is 4.74. The van der Waals surface area contributed by atoms with Gasteiger partial charge in [-0.3, -0.25) is 9.88 Å². The van der Waals surface area contributed by atoms with Gasteiger partial charge in [0.15, 0.2) is 5.82 Å². The highest BCUT2D eigenvalue weighted by Crippen LogP contribution is 2.30. The third-order valence-electron chi connectivity index (χ3n) is 5.21. The summed E-state index contributed by atoms with van der Waals surface area (Å²) >= 11 is 1.80. The van der Waals surface area contributed by atoms with Crippen molar-refractivity contribution in [1.29, 1.82) is 0 Å². The van der Waals surface area contributed by atoms with Crippen molar-refractivity contribution in [2.45, 2.75) is 26.4 Å². The highest BCUT2D eigenvalue weighted by Gasteiger charge is 2.21. The van der Waals surface area contributed by atoms with E-state index in [9.17, 15) is 0 Å². The third-order valence-corrected chi connectivity index (χ3v) is 6.40. The molecule has 0 bridgehead atoms. The van der Waals surface area contributed by atoms with Crippen LogP contribution in [0.1, 0.15) is 21.8 Å². The van der Waals surface area contributed by atoms with Crippen LogP contribution >= 0.6 is 11.3 Å².